The van der Waals surface area contributed by atoms with Gasteiger partial charge in [0.1, 0.15) is 6.04 Å². The minimum Gasteiger partial charge on any atom is -0.368 e. The zero-order valence-electron chi connectivity index (χ0n) is 10.3. The molecule has 1 saturated heterocycles. The van der Waals surface area contributed by atoms with Gasteiger partial charge in [0.2, 0.25) is 15.9 Å². The molecule has 0 radical (unpaired) electrons. The van der Waals surface area contributed by atoms with Crippen LogP contribution in [-0.2, 0) is 14.8 Å². The molecular formula is C12H15BrN2O3S. The second-order valence-corrected chi connectivity index (χ2v) is 7.17. The van der Waals surface area contributed by atoms with Crippen molar-refractivity contribution in [1.29, 1.82) is 0 Å². The summed E-state index contributed by atoms with van der Waals surface area (Å²) in [5.41, 5.74) is 5.31. The number of rotatable bonds is 3. The number of hydrogen-bond acceptors (Lipinski definition) is 3. The summed E-state index contributed by atoms with van der Waals surface area (Å²) in [5.74, 6) is -0.588. The zero-order chi connectivity index (χ0) is 14.0. The Morgan fingerprint density at radius 3 is 2.63 bits per heavy atom. The number of piperidine rings is 1. The second kappa shape index (κ2) is 5.60. The Morgan fingerprint density at radius 1 is 1.32 bits per heavy atom. The van der Waals surface area contributed by atoms with Crippen molar-refractivity contribution in [3.63, 3.8) is 0 Å². The summed E-state index contributed by atoms with van der Waals surface area (Å²) < 4.78 is 26.9. The molecule has 1 aliphatic rings. The van der Waals surface area contributed by atoms with Crippen LogP contribution in [0, 0.1) is 0 Å². The number of primary amides is 1. The van der Waals surface area contributed by atoms with Crippen molar-refractivity contribution in [3.8, 4) is 0 Å². The number of halogens is 1. The van der Waals surface area contributed by atoms with E-state index >= 15 is 0 Å². The first-order valence-corrected chi connectivity index (χ1v) is 8.23. The third kappa shape index (κ3) is 2.82. The fraction of sp³-hybridized carbons (Fsp3) is 0.417. The highest BCUT2D eigenvalue weighted by molar-refractivity contribution is 9.10. The van der Waals surface area contributed by atoms with E-state index in [0.717, 1.165) is 12.8 Å². The zero-order valence-corrected chi connectivity index (χ0v) is 12.7. The van der Waals surface area contributed by atoms with E-state index in [1.165, 1.54) is 10.4 Å². The van der Waals surface area contributed by atoms with Gasteiger partial charge in [0.05, 0.1) is 4.90 Å². The van der Waals surface area contributed by atoms with Crippen molar-refractivity contribution in [2.45, 2.75) is 30.2 Å². The van der Waals surface area contributed by atoms with Crippen LogP contribution in [0.3, 0.4) is 0 Å². The lowest BCUT2D eigenvalue weighted by molar-refractivity contribution is -0.122. The summed E-state index contributed by atoms with van der Waals surface area (Å²) in [6, 6.07) is 5.83. The molecule has 1 unspecified atom stereocenters. The monoisotopic (exact) mass is 346 g/mol. The van der Waals surface area contributed by atoms with Gasteiger partial charge in [-0.1, -0.05) is 18.6 Å². The first-order valence-electron chi connectivity index (χ1n) is 6.00. The summed E-state index contributed by atoms with van der Waals surface area (Å²) in [5, 5.41) is 0. The van der Waals surface area contributed by atoms with Gasteiger partial charge in [-0.2, -0.15) is 4.31 Å². The Hall–Kier alpha value is -0.920. The lowest BCUT2D eigenvalue weighted by Crippen LogP contribution is -2.50. The van der Waals surface area contributed by atoms with Crippen molar-refractivity contribution < 1.29 is 13.2 Å². The average Bonchev–Trinajstić information content (AvgIpc) is 2.39. The Kier molecular flexibility index (Phi) is 4.27. The number of nitrogens with two attached hydrogens (primary N) is 1. The van der Waals surface area contributed by atoms with Crippen molar-refractivity contribution in [3.05, 3.63) is 28.7 Å². The third-order valence-electron chi connectivity index (χ3n) is 3.21. The summed E-state index contributed by atoms with van der Waals surface area (Å²) in [4.78, 5) is 11.6. The molecule has 2 N–H and O–H groups in total. The maximum Gasteiger partial charge on any atom is 0.244 e. The molecule has 7 heteroatoms. The van der Waals surface area contributed by atoms with Gasteiger partial charge in [-0.05, 0) is 40.9 Å². The highest BCUT2D eigenvalue weighted by atomic mass is 79.9. The molecule has 1 heterocycles. The van der Waals surface area contributed by atoms with Crippen LogP contribution >= 0.6 is 15.9 Å². The molecule has 0 aromatic heterocycles. The highest BCUT2D eigenvalue weighted by Crippen LogP contribution is 2.29. The fourth-order valence-corrected chi connectivity index (χ4v) is 4.89. The fourth-order valence-electron chi connectivity index (χ4n) is 2.26. The SMILES string of the molecule is NC(=O)C1CCCCN1S(=O)(=O)c1ccccc1Br. The van der Waals surface area contributed by atoms with Gasteiger partial charge in [-0.15, -0.1) is 0 Å². The van der Waals surface area contributed by atoms with E-state index in [4.69, 9.17) is 5.73 Å². The Bertz CT molecular complexity index is 588. The van der Waals surface area contributed by atoms with E-state index in [2.05, 4.69) is 15.9 Å². The van der Waals surface area contributed by atoms with Crippen molar-refractivity contribution in [2.24, 2.45) is 5.73 Å². The van der Waals surface area contributed by atoms with Crippen LogP contribution in [0.2, 0.25) is 0 Å². The predicted molar refractivity (Wildman–Crippen MR) is 74.9 cm³/mol. The van der Waals surface area contributed by atoms with Crippen molar-refractivity contribution in [2.75, 3.05) is 6.54 Å². The number of carbonyl (C=O) groups is 1. The summed E-state index contributed by atoms with van der Waals surface area (Å²) in [6.45, 7) is 0.331. The number of hydrogen-bond donors (Lipinski definition) is 1. The summed E-state index contributed by atoms with van der Waals surface area (Å²) in [6.07, 6.45) is 2.04. The topological polar surface area (TPSA) is 80.5 Å². The summed E-state index contributed by atoms with van der Waals surface area (Å²) >= 11 is 3.23. The maximum atomic E-state index is 12.6. The molecule has 1 aromatic carbocycles. The molecule has 1 fully saturated rings. The molecule has 19 heavy (non-hydrogen) atoms. The first kappa shape index (κ1) is 14.5. The first-order chi connectivity index (χ1) is 8.94. The molecule has 1 atom stereocenters. The Morgan fingerprint density at radius 2 is 2.00 bits per heavy atom. The number of nitrogens with zero attached hydrogens (tertiary/aromatic N) is 1. The molecule has 1 aliphatic heterocycles. The van der Waals surface area contributed by atoms with Crippen LogP contribution in [0.5, 0.6) is 0 Å². The van der Waals surface area contributed by atoms with Gasteiger partial charge in [0, 0.05) is 11.0 Å². The summed E-state index contributed by atoms with van der Waals surface area (Å²) in [7, 11) is -3.70. The maximum absolute atomic E-state index is 12.6. The Labute approximate surface area is 121 Å². The molecule has 0 spiro atoms. The lowest BCUT2D eigenvalue weighted by Gasteiger charge is -2.32. The lowest BCUT2D eigenvalue weighted by atomic mass is 10.0. The van der Waals surface area contributed by atoms with Gasteiger partial charge in [0.15, 0.2) is 0 Å². The normalized spacial score (nSPS) is 21.2. The molecule has 2 rings (SSSR count). The molecule has 0 saturated carbocycles. The van der Waals surface area contributed by atoms with Gasteiger partial charge in [0.25, 0.3) is 0 Å². The van der Waals surface area contributed by atoms with E-state index in [-0.39, 0.29) is 4.90 Å². The van der Waals surface area contributed by atoms with E-state index in [0.29, 0.717) is 17.4 Å². The molecule has 1 aromatic rings. The molecule has 104 valence electrons. The van der Waals surface area contributed by atoms with Crippen LogP contribution in [0.25, 0.3) is 0 Å². The quantitative estimate of drug-likeness (QED) is 0.899. The van der Waals surface area contributed by atoms with Crippen LogP contribution in [-0.4, -0.2) is 31.2 Å². The highest BCUT2D eigenvalue weighted by Gasteiger charge is 2.37. The van der Waals surface area contributed by atoms with E-state index in [1.807, 2.05) is 0 Å². The number of benzene rings is 1. The van der Waals surface area contributed by atoms with Crippen LogP contribution in [0.15, 0.2) is 33.6 Å². The standard InChI is InChI=1S/C12H15BrN2O3S/c13-9-5-1-2-7-11(9)19(17,18)15-8-4-3-6-10(15)12(14)16/h1-2,5,7,10H,3-4,6,8H2,(H2,14,16). The molecule has 0 aliphatic carbocycles. The van der Waals surface area contributed by atoms with Crippen molar-refractivity contribution >= 4 is 31.9 Å². The molecule has 1 amide bonds. The minimum atomic E-state index is -3.70. The average molecular weight is 347 g/mol. The largest absolute Gasteiger partial charge is 0.368 e. The van der Waals surface area contributed by atoms with Crippen LogP contribution < -0.4 is 5.73 Å². The van der Waals surface area contributed by atoms with Crippen LogP contribution in [0.4, 0.5) is 0 Å². The number of sulfonamides is 1. The van der Waals surface area contributed by atoms with E-state index < -0.39 is 22.0 Å². The second-order valence-electron chi connectivity index (χ2n) is 4.46. The van der Waals surface area contributed by atoms with E-state index in [9.17, 15) is 13.2 Å². The van der Waals surface area contributed by atoms with Gasteiger partial charge in [-0.3, -0.25) is 4.79 Å². The van der Waals surface area contributed by atoms with Gasteiger partial charge in [-0.25, -0.2) is 8.42 Å². The molecular weight excluding hydrogens is 332 g/mol. The van der Waals surface area contributed by atoms with Crippen molar-refractivity contribution in [1.82, 2.24) is 4.31 Å². The molecule has 0 bridgehead atoms. The predicted octanol–water partition coefficient (Wildman–Crippen LogP) is 1.48. The number of amides is 1. The Balaban J connectivity index is 2.43. The van der Waals surface area contributed by atoms with Crippen LogP contribution in [0.1, 0.15) is 19.3 Å². The number of carbonyl (C=O) groups excluding carboxylic acids is 1. The smallest absolute Gasteiger partial charge is 0.244 e. The minimum absolute atomic E-state index is 0.170. The third-order valence-corrected chi connectivity index (χ3v) is 6.13. The van der Waals surface area contributed by atoms with Gasteiger partial charge < -0.3 is 5.73 Å². The van der Waals surface area contributed by atoms with Gasteiger partial charge >= 0.3 is 0 Å². The molecule has 5 nitrogen and oxygen atoms in total. The van der Waals surface area contributed by atoms with E-state index in [1.54, 1.807) is 18.2 Å².